The van der Waals surface area contributed by atoms with Gasteiger partial charge in [-0.05, 0) is 42.7 Å². The van der Waals surface area contributed by atoms with Gasteiger partial charge in [-0.15, -0.1) is 0 Å². The second-order valence-corrected chi connectivity index (χ2v) is 9.28. The van der Waals surface area contributed by atoms with Crippen molar-refractivity contribution in [2.24, 2.45) is 0 Å². The zero-order valence-electron chi connectivity index (χ0n) is 16.8. The molecular formula is C21H24ClN3O5S. The topological polar surface area (TPSA) is 105 Å². The van der Waals surface area contributed by atoms with E-state index in [1.54, 1.807) is 0 Å². The van der Waals surface area contributed by atoms with Gasteiger partial charge in [0.15, 0.2) is 0 Å². The minimum absolute atomic E-state index is 0.0809. The highest BCUT2D eigenvalue weighted by Gasteiger charge is 2.34. The summed E-state index contributed by atoms with van der Waals surface area (Å²) in [5.41, 5.74) is 1.04. The number of amides is 2. The highest BCUT2D eigenvalue weighted by atomic mass is 35.5. The highest BCUT2D eigenvalue weighted by molar-refractivity contribution is 7.89. The standard InChI is InChI=1S/C21H24ClN3O5S/c22-17-7-9-18(10-8-17)31(28,29)25-13-4-14-30-19(25)15-24-21(27)20(26)23-12-11-16-5-2-1-3-6-16/h1-3,5-10,19H,4,11-15H2,(H,23,26)(H,24,27)/t19-/m0/s1. The number of hydrogen-bond donors (Lipinski definition) is 2. The van der Waals surface area contributed by atoms with Crippen molar-refractivity contribution in [1.29, 1.82) is 0 Å². The molecule has 0 unspecified atom stereocenters. The Hall–Kier alpha value is -2.46. The molecule has 1 fully saturated rings. The summed E-state index contributed by atoms with van der Waals surface area (Å²) in [5.74, 6) is -1.62. The fourth-order valence-electron chi connectivity index (χ4n) is 3.15. The van der Waals surface area contributed by atoms with Crippen molar-refractivity contribution < 1.29 is 22.7 Å². The zero-order chi connectivity index (χ0) is 22.3. The monoisotopic (exact) mass is 465 g/mol. The molecule has 0 aliphatic carbocycles. The molecule has 0 aromatic heterocycles. The summed E-state index contributed by atoms with van der Waals surface area (Å²) in [4.78, 5) is 24.2. The Morgan fingerprint density at radius 1 is 1.03 bits per heavy atom. The normalized spacial score (nSPS) is 17.1. The van der Waals surface area contributed by atoms with E-state index in [1.165, 1.54) is 28.6 Å². The van der Waals surface area contributed by atoms with Crippen molar-refractivity contribution in [3.63, 3.8) is 0 Å². The van der Waals surface area contributed by atoms with Crippen LogP contribution >= 0.6 is 11.6 Å². The van der Waals surface area contributed by atoms with Crippen molar-refractivity contribution in [2.75, 3.05) is 26.2 Å². The second-order valence-electron chi connectivity index (χ2n) is 6.95. The lowest BCUT2D eigenvalue weighted by Gasteiger charge is -2.34. The van der Waals surface area contributed by atoms with E-state index in [0.29, 0.717) is 31.0 Å². The Kier molecular flexibility index (Phi) is 8.03. The van der Waals surface area contributed by atoms with E-state index < -0.39 is 28.1 Å². The van der Waals surface area contributed by atoms with Crippen molar-refractivity contribution >= 4 is 33.4 Å². The molecule has 2 N–H and O–H groups in total. The van der Waals surface area contributed by atoms with E-state index in [0.717, 1.165) is 5.56 Å². The third kappa shape index (κ3) is 6.27. The van der Waals surface area contributed by atoms with Crippen molar-refractivity contribution in [3.8, 4) is 0 Å². The third-order valence-corrected chi connectivity index (χ3v) is 6.92. The molecule has 1 atom stereocenters. The maximum Gasteiger partial charge on any atom is 0.309 e. The average Bonchev–Trinajstić information content (AvgIpc) is 2.78. The van der Waals surface area contributed by atoms with E-state index in [9.17, 15) is 18.0 Å². The number of ether oxygens (including phenoxy) is 1. The predicted molar refractivity (Wildman–Crippen MR) is 116 cm³/mol. The number of nitrogens with zero attached hydrogens (tertiary/aromatic N) is 1. The summed E-state index contributed by atoms with van der Waals surface area (Å²) in [6.45, 7) is 0.774. The molecule has 0 radical (unpaired) electrons. The summed E-state index contributed by atoms with van der Waals surface area (Å²) in [5, 5.41) is 5.44. The van der Waals surface area contributed by atoms with Crippen LogP contribution in [0.3, 0.4) is 0 Å². The van der Waals surface area contributed by atoms with Gasteiger partial charge in [0, 0.05) is 18.1 Å². The van der Waals surface area contributed by atoms with Crippen LogP contribution < -0.4 is 10.6 Å². The summed E-state index contributed by atoms with van der Waals surface area (Å²) in [7, 11) is -3.84. The maximum absolute atomic E-state index is 13.0. The lowest BCUT2D eigenvalue weighted by Crippen LogP contribution is -2.53. The van der Waals surface area contributed by atoms with Gasteiger partial charge in [0.2, 0.25) is 10.0 Å². The lowest BCUT2D eigenvalue weighted by atomic mass is 10.1. The number of carbonyl (C=O) groups excluding carboxylic acids is 2. The molecule has 2 amide bonds. The van der Waals surface area contributed by atoms with Gasteiger partial charge in [0.05, 0.1) is 18.0 Å². The van der Waals surface area contributed by atoms with Crippen LogP contribution in [0.4, 0.5) is 0 Å². The first kappa shape index (κ1) is 23.2. The van der Waals surface area contributed by atoms with Gasteiger partial charge in [0.25, 0.3) is 0 Å². The number of carbonyl (C=O) groups is 2. The molecule has 31 heavy (non-hydrogen) atoms. The molecule has 1 saturated heterocycles. The SMILES string of the molecule is O=C(NCCc1ccccc1)C(=O)NC[C@@H]1OCCCN1S(=O)(=O)c1ccc(Cl)cc1. The lowest BCUT2D eigenvalue weighted by molar-refractivity contribution is -0.140. The van der Waals surface area contributed by atoms with Crippen LogP contribution in [0, 0.1) is 0 Å². The third-order valence-electron chi connectivity index (χ3n) is 4.76. The van der Waals surface area contributed by atoms with Crippen LogP contribution in [0.15, 0.2) is 59.5 Å². The van der Waals surface area contributed by atoms with Gasteiger partial charge in [-0.2, -0.15) is 4.31 Å². The quantitative estimate of drug-likeness (QED) is 0.604. The second kappa shape index (κ2) is 10.7. The van der Waals surface area contributed by atoms with Crippen LogP contribution in [0.25, 0.3) is 0 Å². The Bertz CT molecular complexity index is 999. The molecule has 3 rings (SSSR count). The molecule has 1 heterocycles. The van der Waals surface area contributed by atoms with Crippen LogP contribution in [-0.2, 0) is 30.8 Å². The summed E-state index contributed by atoms with van der Waals surface area (Å²) < 4.78 is 32.7. The molecule has 1 aliphatic heterocycles. The van der Waals surface area contributed by atoms with Gasteiger partial charge < -0.3 is 15.4 Å². The van der Waals surface area contributed by atoms with Gasteiger partial charge in [-0.1, -0.05) is 41.9 Å². The average molecular weight is 466 g/mol. The van der Waals surface area contributed by atoms with E-state index in [1.807, 2.05) is 30.3 Å². The molecule has 1 aliphatic rings. The van der Waals surface area contributed by atoms with Crippen LogP contribution in [0.2, 0.25) is 5.02 Å². The first-order chi connectivity index (χ1) is 14.9. The Balaban J connectivity index is 1.54. The molecule has 166 valence electrons. The van der Waals surface area contributed by atoms with Crippen molar-refractivity contribution in [1.82, 2.24) is 14.9 Å². The maximum atomic E-state index is 13.0. The molecule has 0 saturated carbocycles. The predicted octanol–water partition coefficient (Wildman–Crippen LogP) is 1.55. The van der Waals surface area contributed by atoms with Gasteiger partial charge in [-0.25, -0.2) is 8.42 Å². The van der Waals surface area contributed by atoms with Crippen LogP contribution in [-0.4, -0.2) is 57.0 Å². The Labute approximate surface area is 186 Å². The first-order valence-electron chi connectivity index (χ1n) is 9.87. The van der Waals surface area contributed by atoms with Crippen molar-refractivity contribution in [3.05, 3.63) is 65.2 Å². The van der Waals surface area contributed by atoms with Crippen molar-refractivity contribution in [2.45, 2.75) is 24.0 Å². The minimum Gasteiger partial charge on any atom is -0.360 e. The number of hydrogen-bond acceptors (Lipinski definition) is 5. The number of rotatable bonds is 7. The number of benzene rings is 2. The fraction of sp³-hybridized carbons (Fsp3) is 0.333. The number of nitrogens with one attached hydrogen (secondary N) is 2. The largest absolute Gasteiger partial charge is 0.360 e. The zero-order valence-corrected chi connectivity index (χ0v) is 18.4. The van der Waals surface area contributed by atoms with E-state index in [4.69, 9.17) is 16.3 Å². The summed E-state index contributed by atoms with van der Waals surface area (Å²) in [6.07, 6.45) is 0.214. The molecule has 10 heteroatoms. The van der Waals surface area contributed by atoms with Gasteiger partial charge in [0.1, 0.15) is 6.23 Å². The van der Waals surface area contributed by atoms with Crippen LogP contribution in [0.5, 0.6) is 0 Å². The van der Waals surface area contributed by atoms with Crippen LogP contribution in [0.1, 0.15) is 12.0 Å². The van der Waals surface area contributed by atoms with E-state index >= 15 is 0 Å². The molecule has 2 aromatic carbocycles. The molecule has 0 spiro atoms. The summed E-state index contributed by atoms with van der Waals surface area (Å²) >= 11 is 5.84. The fourth-order valence-corrected chi connectivity index (χ4v) is 4.84. The number of halogens is 1. The smallest absolute Gasteiger partial charge is 0.309 e. The summed E-state index contributed by atoms with van der Waals surface area (Å²) in [6, 6.07) is 15.4. The highest BCUT2D eigenvalue weighted by Crippen LogP contribution is 2.23. The van der Waals surface area contributed by atoms with E-state index in [-0.39, 0.29) is 18.0 Å². The van der Waals surface area contributed by atoms with E-state index in [2.05, 4.69) is 10.6 Å². The Morgan fingerprint density at radius 2 is 1.71 bits per heavy atom. The minimum atomic E-state index is -3.84. The molecular weight excluding hydrogens is 442 g/mol. The number of sulfonamides is 1. The first-order valence-corrected chi connectivity index (χ1v) is 11.7. The van der Waals surface area contributed by atoms with Gasteiger partial charge in [-0.3, -0.25) is 9.59 Å². The van der Waals surface area contributed by atoms with Gasteiger partial charge >= 0.3 is 11.8 Å². The molecule has 0 bridgehead atoms. The molecule has 8 nitrogen and oxygen atoms in total. The Morgan fingerprint density at radius 3 is 2.42 bits per heavy atom. The molecule has 2 aromatic rings.